The predicted octanol–water partition coefficient (Wildman–Crippen LogP) is 3.92. The van der Waals surface area contributed by atoms with Crippen LogP contribution in [0.4, 0.5) is 5.69 Å². The molecule has 0 unspecified atom stereocenters. The van der Waals surface area contributed by atoms with Gasteiger partial charge >= 0.3 is 0 Å². The molecule has 3 aromatic rings. The van der Waals surface area contributed by atoms with Gasteiger partial charge in [0.2, 0.25) is 0 Å². The van der Waals surface area contributed by atoms with Gasteiger partial charge in [0.25, 0.3) is 5.91 Å². The number of carbonyl (C=O) groups is 1. The second kappa shape index (κ2) is 7.09. The van der Waals surface area contributed by atoms with Gasteiger partial charge in [0.1, 0.15) is 0 Å². The summed E-state index contributed by atoms with van der Waals surface area (Å²) in [6, 6.07) is 12.8. The van der Waals surface area contributed by atoms with Crippen molar-refractivity contribution in [1.82, 2.24) is 4.98 Å². The van der Waals surface area contributed by atoms with E-state index in [1.54, 1.807) is 32.4 Å². The Balaban J connectivity index is 1.93. The van der Waals surface area contributed by atoms with Crippen molar-refractivity contribution in [2.75, 3.05) is 19.5 Å². The van der Waals surface area contributed by atoms with E-state index >= 15 is 0 Å². The Morgan fingerprint density at radius 1 is 1.08 bits per heavy atom. The maximum atomic E-state index is 12.6. The highest BCUT2D eigenvalue weighted by molar-refractivity contribution is 6.06. The van der Waals surface area contributed by atoms with Crippen LogP contribution in [0, 0.1) is 6.92 Å². The number of benzene rings is 2. The highest BCUT2D eigenvalue weighted by atomic mass is 16.5. The summed E-state index contributed by atoms with van der Waals surface area (Å²) in [5.74, 6) is 1.17. The van der Waals surface area contributed by atoms with Crippen molar-refractivity contribution < 1.29 is 18.7 Å². The van der Waals surface area contributed by atoms with Crippen molar-refractivity contribution >= 4 is 11.6 Å². The van der Waals surface area contributed by atoms with E-state index in [4.69, 9.17) is 13.9 Å². The molecule has 128 valence electrons. The molecule has 3 rings (SSSR count). The van der Waals surface area contributed by atoms with Gasteiger partial charge in [-0.2, -0.15) is 0 Å². The van der Waals surface area contributed by atoms with Crippen LogP contribution in [0.3, 0.4) is 0 Å². The topological polar surface area (TPSA) is 73.6 Å². The number of anilines is 1. The van der Waals surface area contributed by atoms with Gasteiger partial charge in [-0.1, -0.05) is 18.2 Å². The van der Waals surface area contributed by atoms with E-state index in [0.29, 0.717) is 22.8 Å². The van der Waals surface area contributed by atoms with Gasteiger partial charge in [-0.25, -0.2) is 4.98 Å². The lowest BCUT2D eigenvalue weighted by atomic mass is 10.1. The minimum absolute atomic E-state index is 0.204. The first-order valence-electron chi connectivity index (χ1n) is 7.67. The molecule has 6 nitrogen and oxygen atoms in total. The lowest BCUT2D eigenvalue weighted by Crippen LogP contribution is -2.14. The zero-order valence-electron chi connectivity index (χ0n) is 14.2. The monoisotopic (exact) mass is 338 g/mol. The lowest BCUT2D eigenvalue weighted by molar-refractivity contribution is 0.102. The quantitative estimate of drug-likeness (QED) is 0.763. The van der Waals surface area contributed by atoms with Gasteiger partial charge in [-0.15, -0.1) is 0 Å². The number of aromatic nitrogens is 1. The molecule has 2 aromatic carbocycles. The first kappa shape index (κ1) is 16.6. The molecule has 1 amide bonds. The summed E-state index contributed by atoms with van der Waals surface area (Å²) < 4.78 is 16.0. The van der Waals surface area contributed by atoms with Gasteiger partial charge in [0, 0.05) is 11.3 Å². The van der Waals surface area contributed by atoms with Crippen LogP contribution in [0.15, 0.2) is 53.3 Å². The Kier molecular flexibility index (Phi) is 4.70. The first-order chi connectivity index (χ1) is 12.1. The van der Waals surface area contributed by atoms with Crippen LogP contribution >= 0.6 is 0 Å². The fourth-order valence-electron chi connectivity index (χ4n) is 2.48. The number of nitrogens with zero attached hydrogens (tertiary/aromatic N) is 1. The second-order valence-electron chi connectivity index (χ2n) is 5.37. The Bertz CT molecular complexity index is 902. The third kappa shape index (κ3) is 3.33. The number of para-hydroxylation sites is 1. The number of carbonyl (C=O) groups excluding carboxylic acids is 1. The number of nitrogens with one attached hydrogen (secondary N) is 1. The van der Waals surface area contributed by atoms with Crippen LogP contribution in [0.2, 0.25) is 0 Å². The molecule has 0 atom stereocenters. The number of hydrogen-bond donors (Lipinski definition) is 1. The SMILES string of the molecule is COc1ccc(-c2ocnc2C(=O)Nc2ccccc2C)cc1OC. The molecule has 0 saturated heterocycles. The molecule has 1 heterocycles. The van der Waals surface area contributed by atoms with E-state index in [1.165, 1.54) is 6.39 Å². The number of rotatable bonds is 5. The smallest absolute Gasteiger partial charge is 0.278 e. The van der Waals surface area contributed by atoms with Gasteiger partial charge in [-0.05, 0) is 36.8 Å². The number of methoxy groups -OCH3 is 2. The standard InChI is InChI=1S/C19H18N2O4/c1-12-6-4-5-7-14(12)21-19(22)17-18(25-11-20-17)13-8-9-15(23-2)16(10-13)24-3/h4-11H,1-3H3,(H,21,22). The number of hydrogen-bond acceptors (Lipinski definition) is 5. The molecule has 0 fully saturated rings. The summed E-state index contributed by atoms with van der Waals surface area (Å²) in [4.78, 5) is 16.7. The average Bonchev–Trinajstić information content (AvgIpc) is 3.13. The van der Waals surface area contributed by atoms with E-state index in [2.05, 4.69) is 10.3 Å². The number of ether oxygens (including phenoxy) is 2. The van der Waals surface area contributed by atoms with Crippen LogP contribution in [-0.4, -0.2) is 25.1 Å². The van der Waals surface area contributed by atoms with Crippen molar-refractivity contribution in [3.05, 3.63) is 60.1 Å². The largest absolute Gasteiger partial charge is 0.493 e. The molecule has 0 aliphatic heterocycles. The number of aryl methyl sites for hydroxylation is 1. The third-order valence-electron chi connectivity index (χ3n) is 3.82. The van der Waals surface area contributed by atoms with Crippen LogP contribution in [0.25, 0.3) is 11.3 Å². The number of oxazole rings is 1. The molecule has 0 bridgehead atoms. The molecule has 1 aromatic heterocycles. The molecule has 0 aliphatic rings. The van der Waals surface area contributed by atoms with Crippen molar-refractivity contribution in [2.45, 2.75) is 6.92 Å². The minimum atomic E-state index is -0.340. The van der Waals surface area contributed by atoms with Gasteiger partial charge in [0.15, 0.2) is 29.3 Å². The first-order valence-corrected chi connectivity index (χ1v) is 7.67. The number of amides is 1. The fourth-order valence-corrected chi connectivity index (χ4v) is 2.48. The summed E-state index contributed by atoms with van der Waals surface area (Å²) in [7, 11) is 3.11. The summed E-state index contributed by atoms with van der Waals surface area (Å²) in [6.07, 6.45) is 1.25. The Labute approximate surface area is 145 Å². The maximum Gasteiger partial charge on any atom is 0.278 e. The second-order valence-corrected chi connectivity index (χ2v) is 5.37. The van der Waals surface area contributed by atoms with Crippen molar-refractivity contribution in [2.24, 2.45) is 0 Å². The zero-order chi connectivity index (χ0) is 17.8. The minimum Gasteiger partial charge on any atom is -0.493 e. The average molecular weight is 338 g/mol. The molecule has 6 heteroatoms. The van der Waals surface area contributed by atoms with Crippen LogP contribution in [0.1, 0.15) is 16.1 Å². The van der Waals surface area contributed by atoms with Crippen molar-refractivity contribution in [3.8, 4) is 22.8 Å². The van der Waals surface area contributed by atoms with E-state index < -0.39 is 0 Å². The van der Waals surface area contributed by atoms with E-state index in [9.17, 15) is 4.79 Å². The van der Waals surface area contributed by atoms with E-state index in [1.807, 2.05) is 31.2 Å². The maximum absolute atomic E-state index is 12.6. The normalized spacial score (nSPS) is 10.4. The molecule has 0 aliphatic carbocycles. The Morgan fingerprint density at radius 2 is 1.84 bits per heavy atom. The highest BCUT2D eigenvalue weighted by Crippen LogP contribution is 2.33. The lowest BCUT2D eigenvalue weighted by Gasteiger charge is -2.10. The third-order valence-corrected chi connectivity index (χ3v) is 3.82. The molecular formula is C19H18N2O4. The summed E-state index contributed by atoms with van der Waals surface area (Å²) >= 11 is 0. The van der Waals surface area contributed by atoms with Crippen molar-refractivity contribution in [1.29, 1.82) is 0 Å². The zero-order valence-corrected chi connectivity index (χ0v) is 14.2. The predicted molar refractivity (Wildman–Crippen MR) is 94.2 cm³/mol. The fraction of sp³-hybridized carbons (Fsp3) is 0.158. The molecule has 0 saturated carbocycles. The van der Waals surface area contributed by atoms with E-state index in [-0.39, 0.29) is 11.6 Å². The molecule has 1 N–H and O–H groups in total. The van der Waals surface area contributed by atoms with Crippen LogP contribution in [0.5, 0.6) is 11.5 Å². The highest BCUT2D eigenvalue weighted by Gasteiger charge is 2.20. The van der Waals surface area contributed by atoms with E-state index in [0.717, 1.165) is 11.3 Å². The molecule has 25 heavy (non-hydrogen) atoms. The van der Waals surface area contributed by atoms with Crippen molar-refractivity contribution in [3.63, 3.8) is 0 Å². The van der Waals surface area contributed by atoms with Crippen LogP contribution < -0.4 is 14.8 Å². The Hall–Kier alpha value is -3.28. The Morgan fingerprint density at radius 3 is 2.56 bits per heavy atom. The summed E-state index contributed by atoms with van der Waals surface area (Å²) in [5.41, 5.74) is 2.57. The molecule has 0 radical (unpaired) electrons. The summed E-state index contributed by atoms with van der Waals surface area (Å²) in [5, 5.41) is 2.86. The van der Waals surface area contributed by atoms with Crippen LogP contribution in [-0.2, 0) is 0 Å². The van der Waals surface area contributed by atoms with Gasteiger partial charge in [-0.3, -0.25) is 4.79 Å². The molecular weight excluding hydrogens is 320 g/mol. The molecule has 0 spiro atoms. The summed E-state index contributed by atoms with van der Waals surface area (Å²) in [6.45, 7) is 1.92. The van der Waals surface area contributed by atoms with Gasteiger partial charge < -0.3 is 19.2 Å². The van der Waals surface area contributed by atoms with Gasteiger partial charge in [0.05, 0.1) is 14.2 Å².